The molecule has 0 aliphatic heterocycles. The van der Waals surface area contributed by atoms with Crippen LogP contribution in [-0.4, -0.2) is 0 Å². The van der Waals surface area contributed by atoms with E-state index in [9.17, 15) is 0 Å². The fraction of sp³-hybridized carbons (Fsp3) is 0.176. The third kappa shape index (κ3) is 1.69. The second-order valence-corrected chi connectivity index (χ2v) is 5.31. The van der Waals surface area contributed by atoms with Crippen LogP contribution in [0.5, 0.6) is 0 Å². The first-order valence-corrected chi connectivity index (χ1v) is 6.62. The van der Waals surface area contributed by atoms with E-state index in [1.54, 1.807) is 0 Å². The van der Waals surface area contributed by atoms with Crippen LogP contribution in [0, 0.1) is 0 Å². The Kier molecular flexibility index (Phi) is 2.76. The number of hydrogen-bond acceptors (Lipinski definition) is 0. The van der Waals surface area contributed by atoms with Crippen LogP contribution in [0.15, 0.2) is 54.1 Å². The minimum absolute atomic E-state index is 0.496. The molecule has 2 aromatic carbocycles. The molecule has 1 aliphatic carbocycles. The van der Waals surface area contributed by atoms with E-state index in [2.05, 4.69) is 50.2 Å². The van der Waals surface area contributed by atoms with Crippen molar-refractivity contribution in [2.75, 3.05) is 0 Å². The lowest BCUT2D eigenvalue weighted by Crippen LogP contribution is -1.88. The van der Waals surface area contributed by atoms with Crippen molar-refractivity contribution < 1.29 is 0 Å². The maximum Gasteiger partial charge on any atom is 0.0412 e. The summed E-state index contributed by atoms with van der Waals surface area (Å²) in [7, 11) is 0. The molecule has 0 heterocycles. The Morgan fingerprint density at radius 3 is 2.56 bits per heavy atom. The van der Waals surface area contributed by atoms with E-state index in [1.807, 2.05) is 12.1 Å². The van der Waals surface area contributed by atoms with Crippen molar-refractivity contribution >= 4 is 17.2 Å². The van der Waals surface area contributed by atoms with Gasteiger partial charge >= 0.3 is 0 Å². The average molecular weight is 255 g/mol. The molecule has 90 valence electrons. The topological polar surface area (TPSA) is 0 Å². The van der Waals surface area contributed by atoms with E-state index in [4.69, 9.17) is 11.6 Å². The second-order valence-electron chi connectivity index (χ2n) is 4.88. The molecule has 0 fully saturated rings. The van der Waals surface area contributed by atoms with Crippen molar-refractivity contribution in [2.45, 2.75) is 19.8 Å². The van der Waals surface area contributed by atoms with E-state index in [0.29, 0.717) is 5.92 Å². The van der Waals surface area contributed by atoms with Crippen LogP contribution in [0.2, 0.25) is 5.02 Å². The van der Waals surface area contributed by atoms with Crippen molar-refractivity contribution in [1.82, 2.24) is 0 Å². The number of rotatable bonds is 1. The monoisotopic (exact) mass is 254 g/mol. The van der Waals surface area contributed by atoms with Crippen molar-refractivity contribution in [2.24, 2.45) is 0 Å². The normalized spacial score (nSPS) is 18.1. The summed E-state index contributed by atoms with van der Waals surface area (Å²) >= 11 is 6.11. The molecule has 0 radical (unpaired) electrons. The Balaban J connectivity index is 2.23. The molecule has 18 heavy (non-hydrogen) atoms. The maximum atomic E-state index is 6.11. The Bertz CT molecular complexity index is 638. The molecule has 0 amide bonds. The lowest BCUT2D eigenvalue weighted by molar-refractivity contribution is 0.920. The van der Waals surface area contributed by atoms with Crippen molar-refractivity contribution in [3.05, 3.63) is 75.8 Å². The second kappa shape index (κ2) is 4.29. The van der Waals surface area contributed by atoms with Gasteiger partial charge in [0.1, 0.15) is 0 Å². The number of benzene rings is 2. The Hall–Kier alpha value is -1.53. The SMILES string of the molecule is CC1=C(c2cccc(Cl)c2)c2ccccc2C1C. The van der Waals surface area contributed by atoms with Gasteiger partial charge in [-0.15, -0.1) is 0 Å². The van der Waals surface area contributed by atoms with Gasteiger partial charge in [-0.2, -0.15) is 0 Å². The first-order valence-electron chi connectivity index (χ1n) is 6.24. The molecule has 0 saturated heterocycles. The summed E-state index contributed by atoms with van der Waals surface area (Å²) in [6, 6.07) is 16.8. The van der Waals surface area contributed by atoms with Crippen molar-refractivity contribution in [1.29, 1.82) is 0 Å². The summed E-state index contributed by atoms with van der Waals surface area (Å²) in [5, 5.41) is 0.796. The zero-order chi connectivity index (χ0) is 12.7. The molecule has 2 aromatic rings. The third-order valence-corrected chi connectivity index (χ3v) is 4.09. The zero-order valence-corrected chi connectivity index (χ0v) is 11.3. The van der Waals surface area contributed by atoms with Crippen LogP contribution >= 0.6 is 11.6 Å². The van der Waals surface area contributed by atoms with Crippen molar-refractivity contribution in [3.63, 3.8) is 0 Å². The molecule has 0 spiro atoms. The van der Waals surface area contributed by atoms with Gasteiger partial charge in [-0.05, 0) is 41.3 Å². The van der Waals surface area contributed by atoms with Crippen LogP contribution < -0.4 is 0 Å². The third-order valence-electron chi connectivity index (χ3n) is 3.85. The highest BCUT2D eigenvalue weighted by Crippen LogP contribution is 2.44. The number of fused-ring (bicyclic) bond motifs is 1. The molecule has 1 unspecified atom stereocenters. The Morgan fingerprint density at radius 1 is 1.00 bits per heavy atom. The van der Waals surface area contributed by atoms with Gasteiger partial charge in [-0.1, -0.05) is 60.5 Å². The molecular formula is C17H15Cl. The summed E-state index contributed by atoms with van der Waals surface area (Å²) in [5.74, 6) is 0.496. The molecule has 0 N–H and O–H groups in total. The molecular weight excluding hydrogens is 240 g/mol. The van der Waals surface area contributed by atoms with Crippen LogP contribution in [0.4, 0.5) is 0 Å². The standard InChI is InChI=1S/C17H15Cl/c1-11-12(2)17(13-6-5-7-14(18)10-13)16-9-4-3-8-15(11)16/h3-11H,1-2H3. The Morgan fingerprint density at radius 2 is 1.78 bits per heavy atom. The smallest absolute Gasteiger partial charge is 0.0412 e. The zero-order valence-electron chi connectivity index (χ0n) is 10.6. The summed E-state index contributed by atoms with van der Waals surface area (Å²) in [4.78, 5) is 0. The summed E-state index contributed by atoms with van der Waals surface area (Å²) in [6.45, 7) is 4.49. The molecule has 3 rings (SSSR count). The van der Waals surface area contributed by atoms with Gasteiger partial charge in [-0.25, -0.2) is 0 Å². The van der Waals surface area contributed by atoms with Gasteiger partial charge in [0.2, 0.25) is 0 Å². The van der Waals surface area contributed by atoms with Gasteiger partial charge in [0, 0.05) is 10.9 Å². The number of hydrogen-bond donors (Lipinski definition) is 0. The number of halogens is 1. The molecule has 1 atom stereocenters. The van der Waals surface area contributed by atoms with Gasteiger partial charge in [-0.3, -0.25) is 0 Å². The minimum Gasteiger partial charge on any atom is -0.0843 e. The summed E-state index contributed by atoms with van der Waals surface area (Å²) in [5.41, 5.74) is 6.77. The van der Waals surface area contributed by atoms with E-state index < -0.39 is 0 Å². The van der Waals surface area contributed by atoms with Crippen molar-refractivity contribution in [3.8, 4) is 0 Å². The lowest BCUT2D eigenvalue weighted by atomic mass is 9.98. The van der Waals surface area contributed by atoms with Crippen LogP contribution in [0.3, 0.4) is 0 Å². The molecule has 1 aliphatic rings. The first-order chi connectivity index (χ1) is 8.68. The van der Waals surface area contributed by atoms with E-state index >= 15 is 0 Å². The predicted molar refractivity (Wildman–Crippen MR) is 78.0 cm³/mol. The van der Waals surface area contributed by atoms with E-state index in [0.717, 1.165) is 5.02 Å². The first kappa shape index (κ1) is 11.6. The minimum atomic E-state index is 0.496. The van der Waals surface area contributed by atoms with Gasteiger partial charge in [0.05, 0.1) is 0 Å². The molecule has 0 bridgehead atoms. The fourth-order valence-electron chi connectivity index (χ4n) is 2.79. The van der Waals surface area contributed by atoms with Crippen LogP contribution in [0.25, 0.3) is 5.57 Å². The van der Waals surface area contributed by atoms with Gasteiger partial charge in [0.25, 0.3) is 0 Å². The highest BCUT2D eigenvalue weighted by Gasteiger charge is 2.25. The van der Waals surface area contributed by atoms with Crippen LogP contribution in [-0.2, 0) is 0 Å². The van der Waals surface area contributed by atoms with E-state index in [1.165, 1.54) is 27.8 Å². The summed E-state index contributed by atoms with van der Waals surface area (Å²) in [6.07, 6.45) is 0. The van der Waals surface area contributed by atoms with Crippen LogP contribution in [0.1, 0.15) is 36.5 Å². The predicted octanol–water partition coefficient (Wildman–Crippen LogP) is 5.28. The maximum absolute atomic E-state index is 6.11. The highest BCUT2D eigenvalue weighted by atomic mass is 35.5. The number of allylic oxidation sites excluding steroid dienone is 1. The highest BCUT2D eigenvalue weighted by molar-refractivity contribution is 6.30. The quantitative estimate of drug-likeness (QED) is 0.650. The average Bonchev–Trinajstić information content (AvgIpc) is 2.63. The Labute approximate surface area is 113 Å². The van der Waals surface area contributed by atoms with Gasteiger partial charge < -0.3 is 0 Å². The fourth-order valence-corrected chi connectivity index (χ4v) is 2.98. The molecule has 0 nitrogen and oxygen atoms in total. The van der Waals surface area contributed by atoms with E-state index in [-0.39, 0.29) is 0 Å². The largest absolute Gasteiger partial charge is 0.0843 e. The lowest BCUT2D eigenvalue weighted by Gasteiger charge is -2.07. The molecule has 1 heteroatoms. The molecule has 0 aromatic heterocycles. The van der Waals surface area contributed by atoms with Gasteiger partial charge in [0.15, 0.2) is 0 Å². The molecule has 0 saturated carbocycles. The summed E-state index contributed by atoms with van der Waals surface area (Å²) < 4.78 is 0.